The van der Waals surface area contributed by atoms with Gasteiger partial charge in [0.15, 0.2) is 0 Å². The van der Waals surface area contributed by atoms with E-state index in [1.807, 2.05) is 12.3 Å². The Hall–Kier alpha value is -1.72. The summed E-state index contributed by atoms with van der Waals surface area (Å²) in [6, 6.07) is 8.61. The molecule has 4 nitrogen and oxygen atoms in total. The van der Waals surface area contributed by atoms with Crippen LogP contribution in [0.25, 0.3) is 0 Å². The van der Waals surface area contributed by atoms with Crippen LogP contribution in [0.15, 0.2) is 29.6 Å². The van der Waals surface area contributed by atoms with Crippen molar-refractivity contribution >= 4 is 17.2 Å². The summed E-state index contributed by atoms with van der Waals surface area (Å²) in [5, 5.41) is 6.33. The molecule has 120 valence electrons. The molecule has 1 aromatic carbocycles. The third kappa shape index (κ3) is 2.48. The van der Waals surface area contributed by atoms with Crippen LogP contribution in [0.3, 0.4) is 0 Å². The Morgan fingerprint density at radius 3 is 2.87 bits per heavy atom. The predicted octanol–water partition coefficient (Wildman–Crippen LogP) is 2.79. The fourth-order valence-electron chi connectivity index (χ4n) is 4.06. The third-order valence-electron chi connectivity index (χ3n) is 5.17. The predicted molar refractivity (Wildman–Crippen MR) is 91.7 cm³/mol. The lowest BCUT2D eigenvalue weighted by molar-refractivity contribution is 0.0708. The maximum absolute atomic E-state index is 13.0. The fourth-order valence-corrected chi connectivity index (χ4v) is 4.64. The molecule has 1 amide bonds. The molecule has 3 atom stereocenters. The number of hydrogen-bond donors (Lipinski definition) is 1. The molecule has 1 aromatic heterocycles. The van der Waals surface area contributed by atoms with Gasteiger partial charge in [-0.05, 0) is 30.9 Å². The average Bonchev–Trinajstić information content (AvgIpc) is 3.22. The fraction of sp³-hybridized carbons (Fsp3) is 0.444. The molecule has 2 aliphatic rings. The first-order chi connectivity index (χ1) is 11.1. The lowest BCUT2D eigenvalue weighted by Crippen LogP contribution is -2.35. The highest BCUT2D eigenvalue weighted by atomic mass is 32.1. The number of rotatable bonds is 2. The number of carbonyl (C=O) groups is 1. The maximum atomic E-state index is 13.0. The Balaban J connectivity index is 1.73. The van der Waals surface area contributed by atoms with Gasteiger partial charge in [0, 0.05) is 30.9 Å². The molecule has 23 heavy (non-hydrogen) atoms. The molecule has 0 saturated carbocycles. The Kier molecular flexibility index (Phi) is 3.70. The van der Waals surface area contributed by atoms with E-state index in [9.17, 15) is 4.79 Å². The number of aromatic nitrogens is 1. The lowest BCUT2D eigenvalue weighted by atomic mass is 9.87. The van der Waals surface area contributed by atoms with E-state index in [-0.39, 0.29) is 11.9 Å². The summed E-state index contributed by atoms with van der Waals surface area (Å²) in [7, 11) is 0. The molecule has 3 heterocycles. The molecule has 0 aliphatic carbocycles. The number of nitrogens with one attached hydrogen (secondary N) is 1. The largest absolute Gasteiger partial charge is 0.330 e. The van der Waals surface area contributed by atoms with Gasteiger partial charge in [0.1, 0.15) is 5.69 Å². The summed E-state index contributed by atoms with van der Waals surface area (Å²) in [5.41, 5.74) is 3.14. The topological polar surface area (TPSA) is 45.2 Å². The highest BCUT2D eigenvalue weighted by molar-refractivity contribution is 7.09. The van der Waals surface area contributed by atoms with Crippen molar-refractivity contribution in [2.75, 3.05) is 19.6 Å². The quantitative estimate of drug-likeness (QED) is 0.922. The van der Waals surface area contributed by atoms with Gasteiger partial charge in [-0.25, -0.2) is 4.98 Å². The van der Waals surface area contributed by atoms with Crippen LogP contribution in [0, 0.1) is 25.7 Å². The minimum absolute atomic E-state index is 0.0806. The van der Waals surface area contributed by atoms with E-state index in [1.54, 1.807) is 11.3 Å². The van der Waals surface area contributed by atoms with Gasteiger partial charge >= 0.3 is 0 Å². The van der Waals surface area contributed by atoms with Crippen LogP contribution in [0.5, 0.6) is 0 Å². The molecule has 0 spiro atoms. The molecule has 0 radical (unpaired) electrons. The van der Waals surface area contributed by atoms with E-state index in [4.69, 9.17) is 0 Å². The molecule has 2 aliphatic heterocycles. The zero-order valence-corrected chi connectivity index (χ0v) is 14.3. The van der Waals surface area contributed by atoms with Crippen molar-refractivity contribution in [1.82, 2.24) is 15.2 Å². The van der Waals surface area contributed by atoms with E-state index < -0.39 is 0 Å². The molecule has 5 heteroatoms. The van der Waals surface area contributed by atoms with Gasteiger partial charge in [-0.2, -0.15) is 0 Å². The molecule has 2 fully saturated rings. The van der Waals surface area contributed by atoms with E-state index in [0.29, 0.717) is 17.5 Å². The number of nitrogens with zero attached hydrogens (tertiary/aromatic N) is 2. The van der Waals surface area contributed by atoms with Crippen LogP contribution in [0.1, 0.15) is 32.7 Å². The van der Waals surface area contributed by atoms with Gasteiger partial charge in [-0.3, -0.25) is 4.79 Å². The zero-order chi connectivity index (χ0) is 16.0. The first-order valence-corrected chi connectivity index (χ1v) is 9.02. The summed E-state index contributed by atoms with van der Waals surface area (Å²) in [6.07, 6.45) is 0. The Bertz CT molecular complexity index is 741. The second kappa shape index (κ2) is 5.73. The summed E-state index contributed by atoms with van der Waals surface area (Å²) in [5.74, 6) is 1.13. The molecular weight excluding hydrogens is 306 g/mol. The van der Waals surface area contributed by atoms with Crippen molar-refractivity contribution in [2.24, 2.45) is 11.8 Å². The zero-order valence-electron chi connectivity index (χ0n) is 13.5. The number of hydrogen-bond acceptors (Lipinski definition) is 4. The standard InChI is InChI=1S/C18H21N3OS/c1-11-5-3-4-6-14(11)17-15-8-19-7-13(15)9-21(17)18(22)16-10-23-12(2)20-16/h3-6,10,13,15,17,19H,7-9H2,1-2H3/t13-,15-,17+/m0/s1. The SMILES string of the molecule is Cc1nc(C(=O)N2C[C@@H]3CNC[C@@H]3[C@H]2c2ccccc2C)cs1. The van der Waals surface area contributed by atoms with E-state index in [2.05, 4.69) is 46.4 Å². The second-order valence-corrected chi connectivity index (χ2v) is 7.66. The van der Waals surface area contributed by atoms with Crippen molar-refractivity contribution in [3.8, 4) is 0 Å². The average molecular weight is 327 g/mol. The number of likely N-dealkylation sites (tertiary alicyclic amines) is 1. The Morgan fingerprint density at radius 2 is 2.13 bits per heavy atom. The van der Waals surface area contributed by atoms with Gasteiger partial charge < -0.3 is 10.2 Å². The smallest absolute Gasteiger partial charge is 0.273 e. The first-order valence-electron chi connectivity index (χ1n) is 8.14. The van der Waals surface area contributed by atoms with Crippen molar-refractivity contribution in [3.63, 3.8) is 0 Å². The molecule has 0 bridgehead atoms. The number of amides is 1. The molecule has 2 saturated heterocycles. The van der Waals surface area contributed by atoms with E-state index in [1.165, 1.54) is 11.1 Å². The van der Waals surface area contributed by atoms with Crippen LogP contribution in [-0.4, -0.2) is 35.4 Å². The van der Waals surface area contributed by atoms with Gasteiger partial charge in [-0.15, -0.1) is 11.3 Å². The summed E-state index contributed by atoms with van der Waals surface area (Å²) in [4.78, 5) is 19.5. The van der Waals surface area contributed by atoms with Crippen LogP contribution >= 0.6 is 11.3 Å². The van der Waals surface area contributed by atoms with E-state index in [0.717, 1.165) is 24.6 Å². The Morgan fingerprint density at radius 1 is 1.30 bits per heavy atom. The summed E-state index contributed by atoms with van der Waals surface area (Å²) >= 11 is 1.54. The minimum atomic E-state index is 0.0806. The molecule has 4 rings (SSSR count). The van der Waals surface area contributed by atoms with Gasteiger partial charge in [0.05, 0.1) is 11.0 Å². The monoisotopic (exact) mass is 327 g/mol. The third-order valence-corrected chi connectivity index (χ3v) is 5.94. The summed E-state index contributed by atoms with van der Waals surface area (Å²) in [6.45, 7) is 6.91. The van der Waals surface area contributed by atoms with Crippen molar-refractivity contribution < 1.29 is 4.79 Å². The van der Waals surface area contributed by atoms with Crippen molar-refractivity contribution in [1.29, 1.82) is 0 Å². The van der Waals surface area contributed by atoms with Gasteiger partial charge in [0.2, 0.25) is 0 Å². The number of carbonyl (C=O) groups excluding carboxylic acids is 1. The molecule has 1 N–H and O–H groups in total. The number of fused-ring (bicyclic) bond motifs is 1. The lowest BCUT2D eigenvalue weighted by Gasteiger charge is -2.29. The van der Waals surface area contributed by atoms with Gasteiger partial charge in [0.25, 0.3) is 5.91 Å². The molecule has 0 unspecified atom stereocenters. The summed E-state index contributed by atoms with van der Waals surface area (Å²) < 4.78 is 0. The highest BCUT2D eigenvalue weighted by Gasteiger charge is 2.47. The minimum Gasteiger partial charge on any atom is -0.330 e. The van der Waals surface area contributed by atoms with Crippen LogP contribution < -0.4 is 5.32 Å². The number of thiazole rings is 1. The first kappa shape index (κ1) is 14.8. The van der Waals surface area contributed by atoms with Crippen LogP contribution in [-0.2, 0) is 0 Å². The number of aryl methyl sites for hydroxylation is 2. The number of benzene rings is 1. The van der Waals surface area contributed by atoms with Crippen molar-refractivity contribution in [2.45, 2.75) is 19.9 Å². The van der Waals surface area contributed by atoms with E-state index >= 15 is 0 Å². The Labute approximate surface area is 140 Å². The highest BCUT2D eigenvalue weighted by Crippen LogP contribution is 2.44. The van der Waals surface area contributed by atoms with Gasteiger partial charge in [-0.1, -0.05) is 24.3 Å². The second-order valence-electron chi connectivity index (χ2n) is 6.59. The van der Waals surface area contributed by atoms with Crippen LogP contribution in [0.4, 0.5) is 0 Å². The molecular formula is C18H21N3OS. The van der Waals surface area contributed by atoms with Crippen molar-refractivity contribution in [3.05, 3.63) is 51.5 Å². The normalized spacial score (nSPS) is 26.5. The maximum Gasteiger partial charge on any atom is 0.273 e. The molecule has 2 aromatic rings. The van der Waals surface area contributed by atoms with Crippen LogP contribution in [0.2, 0.25) is 0 Å².